The topological polar surface area (TPSA) is 223 Å². The second-order valence-electron chi connectivity index (χ2n) is 8.09. The molecule has 40 heavy (non-hydrogen) atoms. The summed E-state index contributed by atoms with van der Waals surface area (Å²) in [5.74, 6) is -0.284. The van der Waals surface area contributed by atoms with Gasteiger partial charge < -0.3 is 20.3 Å². The molecule has 0 amide bonds. The molecule has 0 unspecified atom stereocenters. The van der Waals surface area contributed by atoms with Gasteiger partial charge in [0.1, 0.15) is 33.5 Å². The number of phenols is 1. The van der Waals surface area contributed by atoms with Crippen LogP contribution in [0.3, 0.4) is 0 Å². The molecule has 0 aliphatic heterocycles. The van der Waals surface area contributed by atoms with Crippen LogP contribution < -0.4 is 15.2 Å². The lowest BCUT2D eigenvalue weighted by Crippen LogP contribution is -1.99. The second kappa shape index (κ2) is 10.9. The molecule has 5 N–H and O–H groups in total. The summed E-state index contributed by atoms with van der Waals surface area (Å²) in [6, 6.07) is 13.2. The Morgan fingerprint density at radius 3 is 1.82 bits per heavy atom. The molecule has 4 rings (SSSR count). The van der Waals surface area contributed by atoms with Gasteiger partial charge in [0, 0.05) is 23.2 Å². The highest BCUT2D eigenvalue weighted by Crippen LogP contribution is 2.44. The summed E-state index contributed by atoms with van der Waals surface area (Å²) in [6.45, 7) is 0. The zero-order chi connectivity index (χ0) is 29.2. The predicted molar refractivity (Wildman–Crippen MR) is 144 cm³/mol. The van der Waals surface area contributed by atoms with E-state index in [1.807, 2.05) is 0 Å². The number of ether oxygens (including phenoxy) is 2. The Balaban J connectivity index is 1.76. The van der Waals surface area contributed by atoms with Crippen LogP contribution in [0.15, 0.2) is 90.9 Å². The first kappa shape index (κ1) is 28.4. The fourth-order valence-corrected chi connectivity index (χ4v) is 4.72. The molecule has 0 heterocycles. The maximum absolute atomic E-state index is 12.1. The van der Waals surface area contributed by atoms with E-state index in [2.05, 4.69) is 20.5 Å². The molecular formula is C24H21N5O9S2. The molecule has 0 aliphatic rings. The summed E-state index contributed by atoms with van der Waals surface area (Å²) in [5.41, 5.74) is 6.04. The normalized spacial score (nSPS) is 12.4. The van der Waals surface area contributed by atoms with Gasteiger partial charge in [-0.15, -0.1) is 15.3 Å². The number of rotatable bonds is 8. The van der Waals surface area contributed by atoms with Crippen molar-refractivity contribution in [3.8, 4) is 17.2 Å². The minimum absolute atomic E-state index is 0.0499. The maximum Gasteiger partial charge on any atom is 0.296 e. The number of hydrogen-bond donors (Lipinski definition) is 4. The SMILES string of the molecule is COc1cc(N=Nc2c(S(=O)(=O)O)cc3cc(N)ccc3c2O)c(OC)cc1N=Nc1ccc(S(=O)(=O)O)cc1. The molecule has 0 saturated carbocycles. The van der Waals surface area contributed by atoms with Gasteiger partial charge in [0.05, 0.1) is 24.8 Å². The summed E-state index contributed by atoms with van der Waals surface area (Å²) in [5, 5.41) is 27.3. The summed E-state index contributed by atoms with van der Waals surface area (Å²) >= 11 is 0. The molecule has 14 nitrogen and oxygen atoms in total. The molecule has 0 spiro atoms. The molecule has 208 valence electrons. The fourth-order valence-electron chi connectivity index (χ4n) is 3.59. The van der Waals surface area contributed by atoms with Gasteiger partial charge in [0.15, 0.2) is 5.75 Å². The Hall–Kier alpha value is -4.64. The molecule has 0 atom stereocenters. The van der Waals surface area contributed by atoms with Crippen molar-refractivity contribution in [2.24, 2.45) is 20.5 Å². The van der Waals surface area contributed by atoms with Gasteiger partial charge in [0.25, 0.3) is 20.2 Å². The summed E-state index contributed by atoms with van der Waals surface area (Å²) in [4.78, 5) is -0.998. The summed E-state index contributed by atoms with van der Waals surface area (Å²) < 4.78 is 76.1. The van der Waals surface area contributed by atoms with Crippen LogP contribution in [-0.2, 0) is 20.2 Å². The van der Waals surface area contributed by atoms with Crippen molar-refractivity contribution >= 4 is 59.4 Å². The van der Waals surface area contributed by atoms with Gasteiger partial charge >= 0.3 is 0 Å². The van der Waals surface area contributed by atoms with Gasteiger partial charge in [0.2, 0.25) is 0 Å². The number of nitrogens with zero attached hydrogens (tertiary/aromatic N) is 4. The molecule has 0 radical (unpaired) electrons. The van der Waals surface area contributed by atoms with Gasteiger partial charge in [-0.3, -0.25) is 9.11 Å². The van der Waals surface area contributed by atoms with Crippen LogP contribution in [0, 0.1) is 0 Å². The number of benzene rings is 4. The van der Waals surface area contributed by atoms with Crippen LogP contribution in [0.5, 0.6) is 17.2 Å². The Morgan fingerprint density at radius 1 is 0.725 bits per heavy atom. The second-order valence-corrected chi connectivity index (χ2v) is 10.9. The molecule has 16 heteroatoms. The van der Waals surface area contributed by atoms with E-state index in [9.17, 15) is 26.5 Å². The van der Waals surface area contributed by atoms with Gasteiger partial charge in [-0.2, -0.15) is 21.9 Å². The van der Waals surface area contributed by atoms with E-state index in [1.54, 1.807) is 0 Å². The standard InChI is InChI=1S/C24H21N5O9S2/c1-37-20-12-19(21(38-2)11-18(20)27-26-15-4-6-16(7-5-15)39(31,32)33)28-29-23-22(40(34,35)36)10-13-9-14(25)3-8-17(13)24(23)30/h3-12,30H,25H2,1-2H3,(H,31,32,33)(H,34,35,36). The zero-order valence-electron chi connectivity index (χ0n) is 20.7. The maximum atomic E-state index is 12.1. The third-order valence-corrected chi connectivity index (χ3v) is 7.23. The van der Waals surface area contributed by atoms with E-state index in [0.29, 0.717) is 5.69 Å². The van der Waals surface area contributed by atoms with Crippen molar-refractivity contribution in [1.29, 1.82) is 0 Å². The Bertz CT molecular complexity index is 1890. The van der Waals surface area contributed by atoms with Crippen molar-refractivity contribution in [3.63, 3.8) is 0 Å². The molecule has 0 fully saturated rings. The van der Waals surface area contributed by atoms with E-state index in [1.165, 1.54) is 56.7 Å². The fraction of sp³-hybridized carbons (Fsp3) is 0.0833. The van der Waals surface area contributed by atoms with Crippen LogP contribution in [0.1, 0.15) is 0 Å². The number of methoxy groups -OCH3 is 2. The molecule has 0 aromatic heterocycles. The highest BCUT2D eigenvalue weighted by Gasteiger charge is 2.22. The first-order valence-electron chi connectivity index (χ1n) is 11.0. The monoisotopic (exact) mass is 587 g/mol. The van der Waals surface area contributed by atoms with Crippen LogP contribution in [0.4, 0.5) is 28.4 Å². The summed E-state index contributed by atoms with van der Waals surface area (Å²) in [7, 11) is -6.51. The number of azo groups is 2. The first-order valence-corrected chi connectivity index (χ1v) is 13.9. The molecule has 4 aromatic carbocycles. The number of anilines is 1. The number of aromatic hydroxyl groups is 1. The molecular weight excluding hydrogens is 566 g/mol. The molecule has 0 bridgehead atoms. The molecule has 0 aliphatic carbocycles. The lowest BCUT2D eigenvalue weighted by Gasteiger charge is -2.11. The van der Waals surface area contributed by atoms with Crippen LogP contribution in [-0.4, -0.2) is 45.3 Å². The van der Waals surface area contributed by atoms with Gasteiger partial charge in [-0.25, -0.2) is 0 Å². The predicted octanol–water partition coefficient (Wildman–Crippen LogP) is 5.47. The van der Waals surface area contributed by atoms with E-state index >= 15 is 0 Å². The van der Waals surface area contributed by atoms with E-state index in [0.717, 1.165) is 18.2 Å². The van der Waals surface area contributed by atoms with Gasteiger partial charge in [-0.05, 0) is 53.9 Å². The Morgan fingerprint density at radius 2 is 1.30 bits per heavy atom. The number of fused-ring (bicyclic) bond motifs is 1. The highest BCUT2D eigenvalue weighted by molar-refractivity contribution is 7.86. The Kier molecular flexibility index (Phi) is 7.70. The Labute approximate surface area is 227 Å². The summed E-state index contributed by atoms with van der Waals surface area (Å²) in [6.07, 6.45) is 0. The molecule has 0 saturated heterocycles. The number of phenolic OH excluding ortho intramolecular Hbond substituents is 1. The van der Waals surface area contributed by atoms with Crippen molar-refractivity contribution in [3.05, 3.63) is 60.7 Å². The van der Waals surface area contributed by atoms with Gasteiger partial charge in [-0.1, -0.05) is 0 Å². The van der Waals surface area contributed by atoms with Crippen LogP contribution >= 0.6 is 0 Å². The highest BCUT2D eigenvalue weighted by atomic mass is 32.2. The lowest BCUT2D eigenvalue weighted by atomic mass is 10.1. The van der Waals surface area contributed by atoms with Crippen molar-refractivity contribution in [2.75, 3.05) is 20.0 Å². The smallest absolute Gasteiger partial charge is 0.296 e. The minimum Gasteiger partial charge on any atom is -0.505 e. The third-order valence-electron chi connectivity index (χ3n) is 5.50. The van der Waals surface area contributed by atoms with Crippen LogP contribution in [0.25, 0.3) is 10.8 Å². The largest absolute Gasteiger partial charge is 0.505 e. The van der Waals surface area contributed by atoms with Crippen molar-refractivity contribution < 1.29 is 40.5 Å². The average Bonchev–Trinajstić information content (AvgIpc) is 2.90. The lowest BCUT2D eigenvalue weighted by molar-refractivity contribution is 0.405. The van der Waals surface area contributed by atoms with E-state index < -0.39 is 36.6 Å². The zero-order valence-corrected chi connectivity index (χ0v) is 22.4. The number of hydrogen-bond acceptors (Lipinski definition) is 12. The quantitative estimate of drug-likeness (QED) is 0.115. The number of nitrogen functional groups attached to an aromatic ring is 1. The van der Waals surface area contributed by atoms with Crippen molar-refractivity contribution in [1.82, 2.24) is 0 Å². The van der Waals surface area contributed by atoms with E-state index in [4.69, 9.17) is 19.8 Å². The van der Waals surface area contributed by atoms with Crippen LogP contribution in [0.2, 0.25) is 0 Å². The minimum atomic E-state index is -4.83. The number of nitrogens with two attached hydrogens (primary N) is 1. The third kappa shape index (κ3) is 5.99. The van der Waals surface area contributed by atoms with Crippen molar-refractivity contribution in [2.45, 2.75) is 9.79 Å². The average molecular weight is 588 g/mol. The molecule has 4 aromatic rings. The first-order chi connectivity index (χ1) is 18.8. The van der Waals surface area contributed by atoms with E-state index in [-0.39, 0.29) is 44.2 Å².